The van der Waals surface area contributed by atoms with Gasteiger partial charge >= 0.3 is 12.1 Å². The zero-order valence-corrected chi connectivity index (χ0v) is 15.0. The Morgan fingerprint density at radius 3 is 2.85 bits per heavy atom. The minimum atomic E-state index is -4.64. The number of thiophene rings is 1. The molecule has 0 aliphatic heterocycles. The maximum atomic E-state index is 12.6. The van der Waals surface area contributed by atoms with E-state index >= 15 is 0 Å². The van der Waals surface area contributed by atoms with Crippen LogP contribution in [0.3, 0.4) is 0 Å². The quantitative estimate of drug-likeness (QED) is 0.449. The van der Waals surface area contributed by atoms with E-state index in [0.29, 0.717) is 17.3 Å². The van der Waals surface area contributed by atoms with Crippen LogP contribution in [-0.4, -0.2) is 24.6 Å². The maximum absolute atomic E-state index is 12.6. The van der Waals surface area contributed by atoms with Crippen molar-refractivity contribution in [1.82, 2.24) is 19.7 Å². The second-order valence-electron chi connectivity index (χ2n) is 6.14. The average Bonchev–Trinajstić information content (AvgIpc) is 3.01. The Labute approximate surface area is 155 Å². The predicted octanol–water partition coefficient (Wildman–Crippen LogP) is 4.58. The van der Waals surface area contributed by atoms with Crippen molar-refractivity contribution in [2.45, 2.75) is 32.0 Å². The Balaban J connectivity index is 1.50. The van der Waals surface area contributed by atoms with Gasteiger partial charge in [0.05, 0.1) is 16.3 Å². The van der Waals surface area contributed by atoms with Crippen molar-refractivity contribution in [3.8, 4) is 10.7 Å². The van der Waals surface area contributed by atoms with Crippen molar-refractivity contribution in [2.24, 2.45) is 5.92 Å². The summed E-state index contributed by atoms with van der Waals surface area (Å²) in [5.74, 6) is 0.0521. The molecule has 0 spiro atoms. The first kappa shape index (κ1) is 17.3. The van der Waals surface area contributed by atoms with E-state index in [0.717, 1.165) is 22.0 Å². The molecular formula is C16H13F3N4OS2. The van der Waals surface area contributed by atoms with Gasteiger partial charge in [-0.05, 0) is 37.3 Å². The Bertz CT molecular complexity index is 939. The number of alkyl halides is 3. The zero-order chi connectivity index (χ0) is 18.3. The van der Waals surface area contributed by atoms with Crippen molar-refractivity contribution < 1.29 is 17.7 Å². The maximum Gasteiger partial charge on any atom is 0.471 e. The Kier molecular flexibility index (Phi) is 4.39. The fraction of sp³-hybridized carbons (Fsp3) is 0.375. The summed E-state index contributed by atoms with van der Waals surface area (Å²) >= 11 is 6.81. The Morgan fingerprint density at radius 1 is 1.35 bits per heavy atom. The molecule has 1 aliphatic carbocycles. The van der Waals surface area contributed by atoms with Crippen LogP contribution in [0.25, 0.3) is 10.7 Å². The molecule has 1 saturated carbocycles. The van der Waals surface area contributed by atoms with E-state index < -0.39 is 12.1 Å². The normalized spacial score (nSPS) is 14.7. The summed E-state index contributed by atoms with van der Waals surface area (Å²) in [5, 5.41) is 3.41. The summed E-state index contributed by atoms with van der Waals surface area (Å²) in [6.45, 7) is 0.536. The summed E-state index contributed by atoms with van der Waals surface area (Å²) in [4.78, 5) is 10.1. The molecular weight excluding hydrogens is 385 g/mol. The molecule has 0 saturated heterocycles. The minimum Gasteiger partial charge on any atom is -0.329 e. The fourth-order valence-electron chi connectivity index (χ4n) is 2.55. The molecule has 136 valence electrons. The molecule has 4 rings (SSSR count). The van der Waals surface area contributed by atoms with E-state index in [4.69, 9.17) is 12.2 Å². The van der Waals surface area contributed by atoms with Gasteiger partial charge in [0.1, 0.15) is 5.82 Å². The first-order chi connectivity index (χ1) is 12.4. The number of nitrogens with zero attached hydrogens (tertiary/aromatic N) is 4. The van der Waals surface area contributed by atoms with E-state index in [2.05, 4.69) is 19.6 Å². The van der Waals surface area contributed by atoms with Gasteiger partial charge < -0.3 is 9.09 Å². The van der Waals surface area contributed by atoms with Crippen molar-refractivity contribution in [1.29, 1.82) is 0 Å². The Morgan fingerprint density at radius 2 is 2.15 bits per heavy atom. The van der Waals surface area contributed by atoms with Gasteiger partial charge in [-0.2, -0.15) is 18.2 Å². The van der Waals surface area contributed by atoms with Gasteiger partial charge in [0.15, 0.2) is 0 Å². The van der Waals surface area contributed by atoms with Crippen LogP contribution in [0.4, 0.5) is 13.2 Å². The number of rotatable bonds is 6. The molecule has 3 heterocycles. The lowest BCUT2D eigenvalue weighted by molar-refractivity contribution is -0.159. The summed E-state index contributed by atoms with van der Waals surface area (Å²) in [6, 6.07) is 3.52. The SMILES string of the molecule is FC(F)(F)c1nc(-c2ccc(Cn3ccnc3C(=S)CC3CC3)s2)no1. The van der Waals surface area contributed by atoms with Crippen LogP contribution in [0.5, 0.6) is 0 Å². The van der Waals surface area contributed by atoms with Gasteiger partial charge in [-0.25, -0.2) is 4.98 Å². The van der Waals surface area contributed by atoms with Gasteiger partial charge in [-0.3, -0.25) is 0 Å². The van der Waals surface area contributed by atoms with Gasteiger partial charge in [0, 0.05) is 17.3 Å². The molecule has 0 aromatic carbocycles. The number of halogens is 3. The lowest BCUT2D eigenvalue weighted by Gasteiger charge is -2.07. The van der Waals surface area contributed by atoms with Gasteiger partial charge in [-0.15, -0.1) is 11.3 Å². The molecule has 0 radical (unpaired) electrons. The number of hydrogen-bond donors (Lipinski definition) is 0. The number of imidazole rings is 1. The van der Waals surface area contributed by atoms with Gasteiger partial charge in [0.2, 0.25) is 5.82 Å². The zero-order valence-electron chi connectivity index (χ0n) is 13.4. The smallest absolute Gasteiger partial charge is 0.329 e. The summed E-state index contributed by atoms with van der Waals surface area (Å²) < 4.78 is 44.0. The Hall–Kier alpha value is -2.07. The highest BCUT2D eigenvalue weighted by Crippen LogP contribution is 2.34. The summed E-state index contributed by atoms with van der Waals surface area (Å²) in [6.07, 6.45) is 2.24. The first-order valence-electron chi connectivity index (χ1n) is 7.94. The lowest BCUT2D eigenvalue weighted by Crippen LogP contribution is -2.10. The third-order valence-corrected chi connectivity index (χ3v) is 5.43. The average molecular weight is 398 g/mol. The third kappa shape index (κ3) is 3.70. The number of hydrogen-bond acceptors (Lipinski definition) is 6. The monoisotopic (exact) mass is 398 g/mol. The van der Waals surface area contributed by atoms with Crippen LogP contribution >= 0.6 is 23.6 Å². The van der Waals surface area contributed by atoms with Crippen molar-refractivity contribution in [3.05, 3.63) is 41.1 Å². The molecule has 3 aromatic heterocycles. The van der Waals surface area contributed by atoms with E-state index in [1.807, 2.05) is 16.8 Å². The second kappa shape index (κ2) is 6.58. The largest absolute Gasteiger partial charge is 0.471 e. The molecule has 0 bridgehead atoms. The summed E-state index contributed by atoms with van der Waals surface area (Å²) in [5.41, 5.74) is 0. The van der Waals surface area contributed by atoms with Crippen LogP contribution in [0.1, 0.15) is 35.9 Å². The van der Waals surface area contributed by atoms with E-state index in [1.54, 1.807) is 12.3 Å². The predicted molar refractivity (Wildman–Crippen MR) is 93.0 cm³/mol. The topological polar surface area (TPSA) is 56.7 Å². The van der Waals surface area contributed by atoms with E-state index in [9.17, 15) is 13.2 Å². The molecule has 10 heteroatoms. The molecule has 1 fully saturated rings. The summed E-state index contributed by atoms with van der Waals surface area (Å²) in [7, 11) is 0. The van der Waals surface area contributed by atoms with Crippen molar-refractivity contribution in [2.75, 3.05) is 0 Å². The van der Waals surface area contributed by atoms with Crippen molar-refractivity contribution in [3.63, 3.8) is 0 Å². The lowest BCUT2D eigenvalue weighted by atomic mass is 10.2. The minimum absolute atomic E-state index is 0.0660. The van der Waals surface area contributed by atoms with Crippen LogP contribution in [0.2, 0.25) is 0 Å². The van der Waals surface area contributed by atoms with Crippen LogP contribution in [0.15, 0.2) is 29.0 Å². The number of thiocarbonyl (C=S) groups is 1. The molecule has 0 unspecified atom stereocenters. The highest BCUT2D eigenvalue weighted by atomic mass is 32.1. The molecule has 0 atom stereocenters. The first-order valence-corrected chi connectivity index (χ1v) is 9.17. The van der Waals surface area contributed by atoms with Crippen LogP contribution in [0, 0.1) is 5.92 Å². The number of aromatic nitrogens is 4. The van der Waals surface area contributed by atoms with Crippen LogP contribution in [-0.2, 0) is 12.7 Å². The molecule has 26 heavy (non-hydrogen) atoms. The standard InChI is InChI=1S/C16H13F3N4OS2/c17-16(18,19)15-21-13(22-24-15)12-4-3-10(26-12)8-23-6-5-20-14(23)11(25)7-9-1-2-9/h3-6,9H,1-2,7-8H2. The van der Waals surface area contributed by atoms with E-state index in [-0.39, 0.29) is 5.82 Å². The second-order valence-corrected chi connectivity index (χ2v) is 7.80. The van der Waals surface area contributed by atoms with Gasteiger partial charge in [0.25, 0.3) is 0 Å². The molecule has 0 N–H and O–H groups in total. The van der Waals surface area contributed by atoms with E-state index in [1.165, 1.54) is 24.2 Å². The van der Waals surface area contributed by atoms with Crippen molar-refractivity contribution >= 4 is 28.4 Å². The molecule has 1 aliphatic rings. The highest BCUT2D eigenvalue weighted by molar-refractivity contribution is 7.80. The molecule has 3 aromatic rings. The fourth-order valence-corrected chi connectivity index (χ4v) is 3.89. The molecule has 5 nitrogen and oxygen atoms in total. The van der Waals surface area contributed by atoms with Gasteiger partial charge in [-0.1, -0.05) is 17.4 Å². The molecule has 0 amide bonds. The highest BCUT2D eigenvalue weighted by Gasteiger charge is 2.38. The van der Waals surface area contributed by atoms with Crippen LogP contribution < -0.4 is 0 Å². The third-order valence-electron chi connectivity index (χ3n) is 4.01.